The zero-order chi connectivity index (χ0) is 21.2. The van der Waals surface area contributed by atoms with Gasteiger partial charge in [0.05, 0.1) is 9.79 Å². The molecule has 1 saturated heterocycles. The van der Waals surface area contributed by atoms with Crippen LogP contribution in [0, 0.1) is 0 Å². The van der Waals surface area contributed by atoms with E-state index in [4.69, 9.17) is 0 Å². The van der Waals surface area contributed by atoms with Crippen molar-refractivity contribution in [1.29, 1.82) is 0 Å². The molecule has 2 heterocycles. The number of fused-ring (bicyclic) bond motifs is 1. The molecule has 1 aromatic heterocycles. The summed E-state index contributed by atoms with van der Waals surface area (Å²) in [6, 6.07) is 13.3. The molecule has 3 aromatic rings. The molecule has 1 fully saturated rings. The van der Waals surface area contributed by atoms with Crippen LogP contribution in [0.2, 0.25) is 0 Å². The molecule has 0 saturated carbocycles. The fraction of sp³-hybridized carbons (Fsp3) is 0.333. The summed E-state index contributed by atoms with van der Waals surface area (Å²) in [5, 5.41) is 1.07. The second-order valence-electron chi connectivity index (χ2n) is 7.44. The number of rotatable bonds is 7. The van der Waals surface area contributed by atoms with Crippen molar-refractivity contribution in [3.05, 3.63) is 60.3 Å². The van der Waals surface area contributed by atoms with Gasteiger partial charge in [0.1, 0.15) is 0 Å². The number of nitrogens with zero attached hydrogens (tertiary/aromatic N) is 1. The quantitative estimate of drug-likeness (QED) is 0.582. The largest absolute Gasteiger partial charge is 0.361 e. The number of hydrogen-bond donors (Lipinski definition) is 2. The zero-order valence-corrected chi connectivity index (χ0v) is 18.2. The Morgan fingerprint density at radius 1 is 0.867 bits per heavy atom. The molecule has 0 radical (unpaired) electrons. The smallest absolute Gasteiger partial charge is 0.243 e. The van der Waals surface area contributed by atoms with Crippen molar-refractivity contribution in [3.63, 3.8) is 0 Å². The lowest BCUT2D eigenvalue weighted by atomic mass is 10.1. The van der Waals surface area contributed by atoms with Crippen molar-refractivity contribution in [1.82, 2.24) is 14.0 Å². The number of aromatic nitrogens is 1. The van der Waals surface area contributed by atoms with Crippen LogP contribution in [0.3, 0.4) is 0 Å². The van der Waals surface area contributed by atoms with Crippen molar-refractivity contribution in [2.24, 2.45) is 0 Å². The fourth-order valence-electron chi connectivity index (χ4n) is 3.79. The summed E-state index contributed by atoms with van der Waals surface area (Å²) >= 11 is 0. The first-order chi connectivity index (χ1) is 14.4. The summed E-state index contributed by atoms with van der Waals surface area (Å²) in [5.74, 6) is 0. The first kappa shape index (κ1) is 21.0. The van der Waals surface area contributed by atoms with E-state index >= 15 is 0 Å². The number of nitrogens with one attached hydrogen (secondary N) is 2. The average Bonchev–Trinajstić information content (AvgIpc) is 3.17. The molecule has 0 spiro atoms. The van der Waals surface area contributed by atoms with E-state index < -0.39 is 20.0 Å². The average molecular weight is 448 g/mol. The summed E-state index contributed by atoms with van der Waals surface area (Å²) < 4.78 is 54.7. The molecule has 7 nitrogen and oxygen atoms in total. The topological polar surface area (TPSA) is 99.3 Å². The van der Waals surface area contributed by atoms with Crippen molar-refractivity contribution in [2.75, 3.05) is 19.6 Å². The third-order valence-corrected chi connectivity index (χ3v) is 8.84. The summed E-state index contributed by atoms with van der Waals surface area (Å²) in [6.45, 7) is 1.27. The van der Waals surface area contributed by atoms with Gasteiger partial charge in [-0.2, -0.15) is 4.31 Å². The maximum atomic E-state index is 12.7. The predicted molar refractivity (Wildman–Crippen MR) is 116 cm³/mol. The van der Waals surface area contributed by atoms with E-state index in [2.05, 4.69) is 9.71 Å². The van der Waals surface area contributed by atoms with Gasteiger partial charge >= 0.3 is 0 Å². The third-order valence-electron chi connectivity index (χ3n) is 5.45. The molecule has 1 aliphatic heterocycles. The molecular weight excluding hydrogens is 422 g/mol. The summed E-state index contributed by atoms with van der Waals surface area (Å²) in [6.07, 6.45) is 5.18. The lowest BCUT2D eigenvalue weighted by Gasteiger charge is -2.25. The Balaban J connectivity index is 1.42. The maximum absolute atomic E-state index is 12.7. The van der Waals surface area contributed by atoms with Gasteiger partial charge in [0, 0.05) is 36.7 Å². The highest BCUT2D eigenvalue weighted by Gasteiger charge is 2.26. The van der Waals surface area contributed by atoms with Crippen LogP contribution in [0.1, 0.15) is 24.8 Å². The minimum atomic E-state index is -3.72. The number of hydrogen-bond acceptors (Lipinski definition) is 4. The first-order valence-electron chi connectivity index (χ1n) is 10.0. The number of H-pyrrole nitrogens is 1. The van der Waals surface area contributed by atoms with Crippen molar-refractivity contribution in [2.45, 2.75) is 35.5 Å². The van der Waals surface area contributed by atoms with Gasteiger partial charge in [0.2, 0.25) is 20.0 Å². The highest BCUT2D eigenvalue weighted by Crippen LogP contribution is 2.22. The number of para-hydroxylation sites is 1. The summed E-state index contributed by atoms with van der Waals surface area (Å²) in [5.41, 5.74) is 2.05. The summed E-state index contributed by atoms with van der Waals surface area (Å²) in [7, 11) is -7.30. The highest BCUT2D eigenvalue weighted by molar-refractivity contribution is 7.89. The first-order valence-corrected chi connectivity index (χ1v) is 13.0. The van der Waals surface area contributed by atoms with Crippen LogP contribution in [-0.2, 0) is 26.5 Å². The van der Waals surface area contributed by atoms with E-state index in [1.54, 1.807) is 0 Å². The van der Waals surface area contributed by atoms with Gasteiger partial charge in [-0.3, -0.25) is 0 Å². The molecule has 2 N–H and O–H groups in total. The van der Waals surface area contributed by atoms with Gasteiger partial charge in [-0.05, 0) is 55.2 Å². The summed E-state index contributed by atoms with van der Waals surface area (Å²) in [4.78, 5) is 3.36. The number of benzene rings is 2. The van der Waals surface area contributed by atoms with Crippen LogP contribution in [-0.4, -0.2) is 45.8 Å². The molecule has 0 unspecified atom stereocenters. The maximum Gasteiger partial charge on any atom is 0.243 e. The van der Waals surface area contributed by atoms with Gasteiger partial charge in [0.25, 0.3) is 0 Å². The number of piperidine rings is 1. The zero-order valence-electron chi connectivity index (χ0n) is 16.5. The van der Waals surface area contributed by atoms with Crippen LogP contribution in [0.25, 0.3) is 10.9 Å². The molecule has 1 aliphatic rings. The Kier molecular flexibility index (Phi) is 5.97. The Morgan fingerprint density at radius 2 is 1.53 bits per heavy atom. The normalized spacial score (nSPS) is 16.1. The lowest BCUT2D eigenvalue weighted by Crippen LogP contribution is -2.35. The molecule has 4 rings (SSSR count). The molecule has 0 atom stereocenters. The van der Waals surface area contributed by atoms with Crippen molar-refractivity contribution >= 4 is 30.9 Å². The number of aromatic amines is 1. The van der Waals surface area contributed by atoms with Crippen LogP contribution in [0.15, 0.2) is 64.5 Å². The van der Waals surface area contributed by atoms with Gasteiger partial charge in [0.15, 0.2) is 0 Å². The van der Waals surface area contributed by atoms with Gasteiger partial charge < -0.3 is 4.98 Å². The Labute approximate surface area is 177 Å². The van der Waals surface area contributed by atoms with Crippen LogP contribution in [0.5, 0.6) is 0 Å². The van der Waals surface area contributed by atoms with Crippen molar-refractivity contribution in [3.8, 4) is 0 Å². The van der Waals surface area contributed by atoms with Crippen LogP contribution in [0.4, 0.5) is 0 Å². The molecule has 30 heavy (non-hydrogen) atoms. The van der Waals surface area contributed by atoms with Gasteiger partial charge in [-0.25, -0.2) is 21.6 Å². The van der Waals surface area contributed by atoms with Crippen LogP contribution >= 0.6 is 0 Å². The molecule has 0 aliphatic carbocycles. The molecule has 0 bridgehead atoms. The van der Waals surface area contributed by atoms with E-state index in [1.165, 1.54) is 28.6 Å². The minimum absolute atomic E-state index is 0.0546. The SMILES string of the molecule is O=S(=O)(NCCc1c[nH]c2ccccc12)c1ccc(S(=O)(=O)N2CCCCC2)cc1. The van der Waals surface area contributed by atoms with E-state index in [1.807, 2.05) is 30.5 Å². The van der Waals surface area contributed by atoms with Gasteiger partial charge in [-0.1, -0.05) is 24.6 Å². The fourth-order valence-corrected chi connectivity index (χ4v) is 6.34. The van der Waals surface area contributed by atoms with Crippen LogP contribution < -0.4 is 4.72 Å². The van der Waals surface area contributed by atoms with E-state index in [-0.39, 0.29) is 16.3 Å². The molecular formula is C21H25N3O4S2. The number of sulfonamides is 2. The highest BCUT2D eigenvalue weighted by atomic mass is 32.2. The lowest BCUT2D eigenvalue weighted by molar-refractivity contribution is 0.346. The second-order valence-corrected chi connectivity index (χ2v) is 11.1. The standard InChI is InChI=1S/C21H25N3O4S2/c25-29(26,23-13-12-17-16-22-21-7-3-2-6-20(17)21)18-8-10-19(11-9-18)30(27,28)24-14-4-1-5-15-24/h2-3,6-11,16,22-23H,1,4-5,12-15H2. The molecule has 2 aromatic carbocycles. The Bertz CT molecular complexity index is 1230. The minimum Gasteiger partial charge on any atom is -0.361 e. The Morgan fingerprint density at radius 3 is 2.27 bits per heavy atom. The van der Waals surface area contributed by atoms with E-state index in [0.29, 0.717) is 19.5 Å². The molecule has 9 heteroatoms. The molecule has 160 valence electrons. The Hall–Kier alpha value is -2.20. The monoisotopic (exact) mass is 447 g/mol. The third kappa shape index (κ3) is 4.29. The van der Waals surface area contributed by atoms with E-state index in [0.717, 1.165) is 35.7 Å². The van der Waals surface area contributed by atoms with Crippen molar-refractivity contribution < 1.29 is 16.8 Å². The van der Waals surface area contributed by atoms with E-state index in [9.17, 15) is 16.8 Å². The second kappa shape index (κ2) is 8.50. The predicted octanol–water partition coefficient (Wildman–Crippen LogP) is 2.86. The molecule has 0 amide bonds. The van der Waals surface area contributed by atoms with Gasteiger partial charge in [-0.15, -0.1) is 0 Å².